The van der Waals surface area contributed by atoms with E-state index in [0.29, 0.717) is 27.9 Å². The summed E-state index contributed by atoms with van der Waals surface area (Å²) in [5.41, 5.74) is 3.87. The van der Waals surface area contributed by atoms with Crippen LogP contribution in [0, 0.1) is 6.92 Å². The largest absolute Gasteiger partial charge is 0.493 e. The van der Waals surface area contributed by atoms with Gasteiger partial charge in [0.05, 0.1) is 31.9 Å². The van der Waals surface area contributed by atoms with Crippen molar-refractivity contribution in [3.8, 4) is 11.5 Å². The van der Waals surface area contributed by atoms with Crippen molar-refractivity contribution < 1.29 is 19.0 Å². The monoisotopic (exact) mass is 440 g/mol. The number of allylic oxidation sites excluding steroid dienone is 1. The number of benzene rings is 2. The molecule has 6 nitrogen and oxygen atoms in total. The number of rotatable bonds is 6. The number of esters is 1. The quantitative estimate of drug-likeness (QED) is 0.517. The van der Waals surface area contributed by atoms with Gasteiger partial charge in [0.15, 0.2) is 16.6 Å². The van der Waals surface area contributed by atoms with Gasteiger partial charge in [-0.1, -0.05) is 24.3 Å². The molecule has 1 N–H and O–H groups in total. The number of aryl methyl sites for hydroxylation is 1. The van der Waals surface area contributed by atoms with Gasteiger partial charge in [0.1, 0.15) is 0 Å². The third-order valence-electron chi connectivity index (χ3n) is 5.04. The molecule has 0 amide bonds. The number of para-hydroxylation sites is 1. The Kier molecular flexibility index (Phi) is 6.85. The second kappa shape index (κ2) is 9.39. The standard InChI is InChI=1S/C24H28N2O4S/c1-14(2)30-22-18(11-8-12-19(22)28-5)21-20(23(27)29-6)16(4)26(24(31)25-21)17-10-7-9-15(3)13-17/h7-14,21H,1-6H3,(H,25,31). The first-order valence-electron chi connectivity index (χ1n) is 10.1. The van der Waals surface area contributed by atoms with Crippen molar-refractivity contribution in [3.63, 3.8) is 0 Å². The van der Waals surface area contributed by atoms with Crippen molar-refractivity contribution in [2.24, 2.45) is 0 Å². The van der Waals surface area contributed by atoms with E-state index in [1.807, 2.05) is 75.1 Å². The molecule has 0 saturated carbocycles. The van der Waals surface area contributed by atoms with Crippen LogP contribution in [-0.2, 0) is 9.53 Å². The van der Waals surface area contributed by atoms with Gasteiger partial charge in [0, 0.05) is 16.9 Å². The number of thiocarbonyl (C=S) groups is 1. The molecule has 164 valence electrons. The normalized spacial score (nSPS) is 16.3. The van der Waals surface area contributed by atoms with Gasteiger partial charge in [-0.3, -0.25) is 4.90 Å². The molecule has 1 atom stereocenters. The average Bonchev–Trinajstić information content (AvgIpc) is 2.72. The first kappa shape index (κ1) is 22.6. The van der Waals surface area contributed by atoms with Crippen molar-refractivity contribution in [2.75, 3.05) is 19.1 Å². The fourth-order valence-corrected chi connectivity index (χ4v) is 4.07. The number of anilines is 1. The number of nitrogens with one attached hydrogen (secondary N) is 1. The van der Waals surface area contributed by atoms with E-state index >= 15 is 0 Å². The Bertz CT molecular complexity index is 1030. The smallest absolute Gasteiger partial charge is 0.337 e. The van der Waals surface area contributed by atoms with Gasteiger partial charge in [-0.2, -0.15) is 0 Å². The lowest BCUT2D eigenvalue weighted by molar-refractivity contribution is -0.136. The Labute approximate surface area is 188 Å². The van der Waals surface area contributed by atoms with Gasteiger partial charge in [-0.25, -0.2) is 4.79 Å². The van der Waals surface area contributed by atoms with Crippen LogP contribution in [0.5, 0.6) is 11.5 Å². The molecule has 1 unspecified atom stereocenters. The number of methoxy groups -OCH3 is 2. The lowest BCUT2D eigenvalue weighted by Gasteiger charge is -2.38. The van der Waals surface area contributed by atoms with Crippen LogP contribution in [0.2, 0.25) is 0 Å². The zero-order valence-corrected chi connectivity index (χ0v) is 19.5. The maximum Gasteiger partial charge on any atom is 0.337 e. The number of carbonyl (C=O) groups is 1. The molecule has 1 aliphatic rings. The van der Waals surface area contributed by atoms with Crippen LogP contribution in [0.15, 0.2) is 53.7 Å². The summed E-state index contributed by atoms with van der Waals surface area (Å²) in [4.78, 5) is 14.8. The van der Waals surface area contributed by atoms with Crippen molar-refractivity contribution in [2.45, 2.75) is 39.8 Å². The third kappa shape index (κ3) is 4.51. The van der Waals surface area contributed by atoms with Crippen LogP contribution in [0.25, 0.3) is 0 Å². The molecule has 1 aliphatic heterocycles. The van der Waals surface area contributed by atoms with Gasteiger partial charge in [0.25, 0.3) is 0 Å². The summed E-state index contributed by atoms with van der Waals surface area (Å²) < 4.78 is 16.8. The molecule has 0 spiro atoms. The zero-order valence-electron chi connectivity index (χ0n) is 18.7. The first-order valence-corrected chi connectivity index (χ1v) is 10.5. The number of nitrogens with zero attached hydrogens (tertiary/aromatic N) is 1. The highest BCUT2D eigenvalue weighted by Gasteiger charge is 2.37. The Morgan fingerprint density at radius 1 is 1.13 bits per heavy atom. The minimum absolute atomic E-state index is 0.0824. The molecule has 2 aromatic carbocycles. The summed E-state index contributed by atoms with van der Waals surface area (Å²) in [5, 5.41) is 3.81. The molecular weight excluding hydrogens is 412 g/mol. The predicted molar refractivity (Wildman–Crippen MR) is 126 cm³/mol. The molecule has 2 aromatic rings. The highest BCUT2D eigenvalue weighted by Crippen LogP contribution is 2.41. The molecule has 7 heteroatoms. The molecule has 31 heavy (non-hydrogen) atoms. The molecular formula is C24H28N2O4S. The van der Waals surface area contributed by atoms with Gasteiger partial charge >= 0.3 is 5.97 Å². The van der Waals surface area contributed by atoms with Gasteiger partial charge in [-0.05, 0) is 63.7 Å². The Balaban J connectivity index is 2.21. The van der Waals surface area contributed by atoms with Crippen LogP contribution in [0.4, 0.5) is 5.69 Å². The SMILES string of the molecule is COC(=O)C1=C(C)N(c2cccc(C)c2)C(=S)NC1c1cccc(OC)c1OC(C)C. The van der Waals surface area contributed by atoms with Gasteiger partial charge in [-0.15, -0.1) is 0 Å². The van der Waals surface area contributed by atoms with Crippen LogP contribution >= 0.6 is 12.2 Å². The van der Waals surface area contributed by atoms with Gasteiger partial charge < -0.3 is 19.5 Å². The van der Waals surface area contributed by atoms with Crippen molar-refractivity contribution in [1.82, 2.24) is 5.32 Å². The summed E-state index contributed by atoms with van der Waals surface area (Å²) >= 11 is 5.73. The van der Waals surface area contributed by atoms with E-state index in [4.69, 9.17) is 26.4 Å². The number of ether oxygens (including phenoxy) is 3. The Morgan fingerprint density at radius 2 is 1.84 bits per heavy atom. The minimum Gasteiger partial charge on any atom is -0.493 e. The van der Waals surface area contributed by atoms with E-state index in [-0.39, 0.29) is 6.10 Å². The van der Waals surface area contributed by atoms with E-state index in [0.717, 1.165) is 16.8 Å². The van der Waals surface area contributed by atoms with E-state index in [1.54, 1.807) is 7.11 Å². The van der Waals surface area contributed by atoms with Crippen molar-refractivity contribution in [1.29, 1.82) is 0 Å². The Morgan fingerprint density at radius 3 is 2.45 bits per heavy atom. The second-order valence-electron chi connectivity index (χ2n) is 7.59. The molecule has 0 radical (unpaired) electrons. The van der Waals surface area contributed by atoms with Crippen LogP contribution in [-0.4, -0.2) is 31.4 Å². The van der Waals surface area contributed by atoms with Crippen LogP contribution in [0.1, 0.15) is 37.9 Å². The maximum absolute atomic E-state index is 12.9. The van der Waals surface area contributed by atoms with E-state index < -0.39 is 12.0 Å². The molecule has 0 aliphatic carbocycles. The molecule has 0 fully saturated rings. The molecule has 3 rings (SSSR count). The predicted octanol–water partition coefficient (Wildman–Crippen LogP) is 4.67. The molecule has 0 aromatic heterocycles. The second-order valence-corrected chi connectivity index (χ2v) is 7.98. The lowest BCUT2D eigenvalue weighted by atomic mass is 9.93. The highest BCUT2D eigenvalue weighted by molar-refractivity contribution is 7.80. The summed E-state index contributed by atoms with van der Waals surface area (Å²) in [6.07, 6.45) is -0.0824. The van der Waals surface area contributed by atoms with E-state index in [9.17, 15) is 4.79 Å². The van der Waals surface area contributed by atoms with Gasteiger partial charge in [0.2, 0.25) is 0 Å². The lowest BCUT2D eigenvalue weighted by Crippen LogP contribution is -2.48. The summed E-state index contributed by atoms with van der Waals surface area (Å²) in [6.45, 7) is 7.77. The van der Waals surface area contributed by atoms with E-state index in [2.05, 4.69) is 5.32 Å². The summed E-state index contributed by atoms with van der Waals surface area (Å²) in [6, 6.07) is 13.0. The van der Waals surface area contributed by atoms with E-state index in [1.165, 1.54) is 7.11 Å². The highest BCUT2D eigenvalue weighted by atomic mass is 32.1. The molecule has 0 bridgehead atoms. The first-order chi connectivity index (χ1) is 14.8. The summed E-state index contributed by atoms with van der Waals surface area (Å²) in [7, 11) is 2.97. The maximum atomic E-state index is 12.9. The van der Waals surface area contributed by atoms with Crippen LogP contribution < -0.4 is 19.7 Å². The minimum atomic E-state index is -0.551. The fourth-order valence-electron chi connectivity index (χ4n) is 3.71. The topological polar surface area (TPSA) is 60.0 Å². The summed E-state index contributed by atoms with van der Waals surface area (Å²) in [5.74, 6) is 0.717. The number of carbonyl (C=O) groups excluding carboxylic acids is 1. The average molecular weight is 441 g/mol. The number of hydrogen-bond acceptors (Lipinski definition) is 5. The van der Waals surface area contributed by atoms with Crippen molar-refractivity contribution >= 4 is 29.0 Å². The zero-order chi connectivity index (χ0) is 22.7. The van der Waals surface area contributed by atoms with Crippen LogP contribution in [0.3, 0.4) is 0 Å². The molecule has 0 saturated heterocycles. The molecule has 1 heterocycles. The van der Waals surface area contributed by atoms with Crippen molar-refractivity contribution in [3.05, 3.63) is 64.9 Å². The third-order valence-corrected chi connectivity index (χ3v) is 5.34. The fraction of sp³-hybridized carbons (Fsp3) is 0.333. The number of hydrogen-bond donors (Lipinski definition) is 1. The Hall–Kier alpha value is -3.06.